The molecule has 0 bridgehead atoms. The lowest BCUT2D eigenvalue weighted by atomic mass is 10.0. The predicted molar refractivity (Wildman–Crippen MR) is 132 cm³/mol. The summed E-state index contributed by atoms with van der Waals surface area (Å²) in [5, 5.41) is 8.56. The van der Waals surface area contributed by atoms with Gasteiger partial charge in [0.05, 0.1) is 23.3 Å². The van der Waals surface area contributed by atoms with E-state index in [4.69, 9.17) is 5.10 Å². The molecule has 7 heteroatoms. The molecule has 3 aromatic rings. The summed E-state index contributed by atoms with van der Waals surface area (Å²) in [4.78, 5) is 30.9. The highest BCUT2D eigenvalue weighted by Crippen LogP contribution is 2.33. The van der Waals surface area contributed by atoms with Crippen LogP contribution in [-0.4, -0.2) is 38.7 Å². The van der Waals surface area contributed by atoms with Crippen molar-refractivity contribution in [3.8, 4) is 0 Å². The minimum atomic E-state index is -0.174. The Morgan fingerprint density at radius 3 is 2.58 bits per heavy atom. The number of carbonyl (C=O) groups excluding carboxylic acids is 1. The van der Waals surface area contributed by atoms with Crippen LogP contribution in [0.25, 0.3) is 10.9 Å². The van der Waals surface area contributed by atoms with Crippen molar-refractivity contribution in [1.82, 2.24) is 25.0 Å². The molecule has 4 rings (SSSR count). The van der Waals surface area contributed by atoms with Gasteiger partial charge in [-0.05, 0) is 69.1 Å². The monoisotopic (exact) mass is 449 g/mol. The molecule has 1 aliphatic carbocycles. The molecule has 0 radical (unpaired) electrons. The second-order valence-electron chi connectivity index (χ2n) is 9.19. The van der Waals surface area contributed by atoms with Crippen LogP contribution in [-0.2, 0) is 13.1 Å². The van der Waals surface area contributed by atoms with E-state index in [1.807, 2.05) is 32.2 Å². The first-order valence-electron chi connectivity index (χ1n) is 12.1. The Kier molecular flexibility index (Phi) is 6.98. The van der Waals surface area contributed by atoms with E-state index in [-0.39, 0.29) is 18.0 Å². The molecule has 0 spiro atoms. The summed E-state index contributed by atoms with van der Waals surface area (Å²) in [7, 11) is 0. The van der Waals surface area contributed by atoms with Gasteiger partial charge in [-0.2, -0.15) is 5.10 Å². The molecule has 1 aromatic carbocycles. The van der Waals surface area contributed by atoms with Crippen LogP contribution in [0.2, 0.25) is 0 Å². The van der Waals surface area contributed by atoms with E-state index in [9.17, 15) is 9.59 Å². The number of aromatic nitrogens is 3. The number of fused-ring (bicyclic) bond motifs is 1. The topological polar surface area (TPSA) is 83.0 Å². The summed E-state index contributed by atoms with van der Waals surface area (Å²) < 4.78 is 2.12. The van der Waals surface area contributed by atoms with Crippen LogP contribution >= 0.6 is 0 Å². The number of pyridine rings is 1. The zero-order valence-corrected chi connectivity index (χ0v) is 20.2. The lowest BCUT2D eigenvalue weighted by Gasteiger charge is -2.19. The average Bonchev–Trinajstić information content (AvgIpc) is 3.45. The van der Waals surface area contributed by atoms with Crippen LogP contribution in [0, 0.1) is 13.8 Å². The van der Waals surface area contributed by atoms with Crippen molar-refractivity contribution in [2.45, 2.75) is 72.5 Å². The number of rotatable bonds is 8. The van der Waals surface area contributed by atoms with Gasteiger partial charge < -0.3 is 10.3 Å². The van der Waals surface area contributed by atoms with Crippen LogP contribution in [0.1, 0.15) is 78.3 Å². The van der Waals surface area contributed by atoms with Gasteiger partial charge in [0.1, 0.15) is 0 Å². The fraction of sp³-hybridized carbons (Fsp3) is 0.500. The molecule has 0 unspecified atom stereocenters. The van der Waals surface area contributed by atoms with Crippen LogP contribution in [0.5, 0.6) is 0 Å². The molecule has 0 atom stereocenters. The van der Waals surface area contributed by atoms with Gasteiger partial charge in [-0.25, -0.2) is 0 Å². The minimum absolute atomic E-state index is 0.151. The van der Waals surface area contributed by atoms with Gasteiger partial charge in [0, 0.05) is 29.7 Å². The van der Waals surface area contributed by atoms with Gasteiger partial charge in [-0.15, -0.1) is 0 Å². The summed E-state index contributed by atoms with van der Waals surface area (Å²) >= 11 is 0. The molecule has 2 heterocycles. The van der Waals surface area contributed by atoms with Crippen LogP contribution in [0.15, 0.2) is 29.2 Å². The van der Waals surface area contributed by atoms with Crippen molar-refractivity contribution in [3.05, 3.63) is 62.7 Å². The van der Waals surface area contributed by atoms with Crippen molar-refractivity contribution < 1.29 is 4.79 Å². The lowest BCUT2D eigenvalue weighted by Crippen LogP contribution is -2.28. The highest BCUT2D eigenvalue weighted by atomic mass is 16.1. The fourth-order valence-electron chi connectivity index (χ4n) is 4.99. The SMILES string of the molecule is CCN(CC)Cc1cc(C(=O)NCc2c(C)cc(C)[nH]c2=O)c2cnn(C3CCCC3)c2c1. The molecule has 33 heavy (non-hydrogen) atoms. The molecule has 2 N–H and O–H groups in total. The van der Waals surface area contributed by atoms with E-state index in [1.165, 1.54) is 12.8 Å². The number of nitrogens with zero attached hydrogens (tertiary/aromatic N) is 3. The summed E-state index contributed by atoms with van der Waals surface area (Å²) in [6.07, 6.45) is 6.54. The van der Waals surface area contributed by atoms with E-state index in [2.05, 4.69) is 39.8 Å². The van der Waals surface area contributed by atoms with Crippen LogP contribution < -0.4 is 10.9 Å². The van der Waals surface area contributed by atoms with E-state index in [1.54, 1.807) is 0 Å². The first kappa shape index (κ1) is 23.2. The molecule has 7 nitrogen and oxygen atoms in total. The van der Waals surface area contributed by atoms with E-state index in [0.717, 1.165) is 60.2 Å². The predicted octanol–water partition coefficient (Wildman–Crippen LogP) is 4.23. The highest BCUT2D eigenvalue weighted by Gasteiger charge is 2.22. The molecule has 0 saturated heterocycles. The number of carbonyl (C=O) groups is 1. The largest absolute Gasteiger partial charge is 0.348 e. The molecular formula is C26H35N5O2. The van der Waals surface area contributed by atoms with Gasteiger partial charge >= 0.3 is 0 Å². The Bertz CT molecular complexity index is 1200. The van der Waals surface area contributed by atoms with Gasteiger partial charge in [-0.1, -0.05) is 26.7 Å². The molecule has 176 valence electrons. The van der Waals surface area contributed by atoms with Gasteiger partial charge in [0.15, 0.2) is 0 Å². The van der Waals surface area contributed by atoms with Gasteiger partial charge in [-0.3, -0.25) is 19.2 Å². The quantitative estimate of drug-likeness (QED) is 0.539. The maximum absolute atomic E-state index is 13.4. The molecule has 1 fully saturated rings. The summed E-state index contributed by atoms with van der Waals surface area (Å²) in [5.41, 5.74) is 4.90. The number of hydrogen-bond donors (Lipinski definition) is 2. The average molecular weight is 450 g/mol. The highest BCUT2D eigenvalue weighted by molar-refractivity contribution is 6.06. The fourth-order valence-corrected chi connectivity index (χ4v) is 4.99. The zero-order valence-electron chi connectivity index (χ0n) is 20.2. The van der Waals surface area contributed by atoms with Crippen molar-refractivity contribution >= 4 is 16.8 Å². The Labute approximate surface area is 195 Å². The number of amides is 1. The third-order valence-corrected chi connectivity index (χ3v) is 6.91. The van der Waals surface area contributed by atoms with Gasteiger partial charge in [0.2, 0.25) is 0 Å². The van der Waals surface area contributed by atoms with Crippen molar-refractivity contribution in [3.63, 3.8) is 0 Å². The normalized spacial score (nSPS) is 14.5. The third kappa shape index (κ3) is 4.88. The van der Waals surface area contributed by atoms with Crippen molar-refractivity contribution in [2.24, 2.45) is 0 Å². The van der Waals surface area contributed by atoms with E-state index >= 15 is 0 Å². The van der Waals surface area contributed by atoms with Crippen molar-refractivity contribution in [1.29, 1.82) is 0 Å². The summed E-state index contributed by atoms with van der Waals surface area (Å²) in [6, 6.07) is 6.51. The number of hydrogen-bond acceptors (Lipinski definition) is 4. The first-order chi connectivity index (χ1) is 15.9. The number of aryl methyl sites for hydroxylation is 2. The first-order valence-corrected chi connectivity index (χ1v) is 12.1. The summed E-state index contributed by atoms with van der Waals surface area (Å²) in [6.45, 7) is 10.9. The van der Waals surface area contributed by atoms with Gasteiger partial charge in [0.25, 0.3) is 11.5 Å². The van der Waals surface area contributed by atoms with E-state index < -0.39 is 0 Å². The van der Waals surface area contributed by atoms with Crippen LogP contribution in [0.3, 0.4) is 0 Å². The third-order valence-electron chi connectivity index (χ3n) is 6.91. The Hall–Kier alpha value is -2.93. The smallest absolute Gasteiger partial charge is 0.253 e. The minimum Gasteiger partial charge on any atom is -0.348 e. The number of nitrogens with one attached hydrogen (secondary N) is 2. The zero-order chi connectivity index (χ0) is 23.5. The molecule has 0 aliphatic heterocycles. The molecule has 1 amide bonds. The summed E-state index contributed by atoms with van der Waals surface area (Å²) in [5.74, 6) is -0.174. The number of aromatic amines is 1. The molecule has 2 aromatic heterocycles. The Balaban J connectivity index is 1.69. The lowest BCUT2D eigenvalue weighted by molar-refractivity contribution is 0.0952. The van der Waals surface area contributed by atoms with E-state index in [0.29, 0.717) is 17.2 Å². The maximum atomic E-state index is 13.4. The molecular weight excluding hydrogens is 414 g/mol. The van der Waals surface area contributed by atoms with Crippen molar-refractivity contribution in [2.75, 3.05) is 13.1 Å². The molecule has 1 saturated carbocycles. The Morgan fingerprint density at radius 2 is 1.91 bits per heavy atom. The standard InChI is InChI=1S/C26H35N5O2/c1-5-30(6-2)16-19-12-21(23-15-28-31(24(23)13-19)20-9-7-8-10-20)25(32)27-14-22-17(3)11-18(4)29-26(22)33/h11-13,15,20H,5-10,14,16H2,1-4H3,(H,27,32)(H,29,33). The number of benzene rings is 1. The Morgan fingerprint density at radius 1 is 1.18 bits per heavy atom. The second-order valence-corrected chi connectivity index (χ2v) is 9.19. The number of H-pyrrole nitrogens is 1. The second kappa shape index (κ2) is 9.91. The maximum Gasteiger partial charge on any atom is 0.253 e. The molecule has 1 aliphatic rings. The van der Waals surface area contributed by atoms with Crippen LogP contribution in [0.4, 0.5) is 0 Å².